The van der Waals surface area contributed by atoms with Gasteiger partial charge in [0, 0.05) is 80.7 Å². The lowest BCUT2D eigenvalue weighted by molar-refractivity contribution is -0.160. The molecular weight excluding hydrogens is 789 g/mol. The lowest BCUT2D eigenvalue weighted by Gasteiger charge is -2.38. The zero-order chi connectivity index (χ0) is 45.7. The van der Waals surface area contributed by atoms with Gasteiger partial charge in [0.15, 0.2) is 5.75 Å². The Morgan fingerprint density at radius 1 is 0.951 bits per heavy atom. The maximum atomic E-state index is 14.5. The summed E-state index contributed by atoms with van der Waals surface area (Å²) >= 11 is 0. The van der Waals surface area contributed by atoms with Crippen LogP contribution in [0.4, 0.5) is 5.69 Å². The van der Waals surface area contributed by atoms with Crippen molar-refractivity contribution in [3.05, 3.63) is 52.8 Å². The standard InChI is InChI=1S/C45H62N4O12/c1-13-31(49(14-2)15-3)48-46-21-29-35-40(55)33-32(39(29)54)34-42(27(9)38(33)53)61-45(11,43(34)56)59-20-19-30(58-12)24(6)41(60-28(10)50)26(8)37(52)25(7)36(51)22(4)17-16-18-23(5)44(57)47-35/h16-22,24-26,30,36-37,41,51-55H,13-15H2,1-12H3,(H,47,57)/b17-16+,20-19+,23-18-,46-21+,48-31+/t22-,24-,25-,26-,30+,36+,37+,41-,45+/m1/s1. The summed E-state index contributed by atoms with van der Waals surface area (Å²) in [7, 11) is 1.43. The van der Waals surface area contributed by atoms with Gasteiger partial charge >= 0.3 is 11.8 Å². The van der Waals surface area contributed by atoms with Gasteiger partial charge in [0.1, 0.15) is 29.2 Å². The molecule has 3 aliphatic rings. The van der Waals surface area contributed by atoms with E-state index in [1.54, 1.807) is 39.8 Å². The molecule has 0 aromatic heterocycles. The second kappa shape index (κ2) is 19.9. The molecule has 3 heterocycles. The minimum atomic E-state index is -2.07. The maximum Gasteiger partial charge on any atom is 0.312 e. The van der Waals surface area contributed by atoms with Gasteiger partial charge in [-0.1, -0.05) is 52.8 Å². The van der Waals surface area contributed by atoms with Crippen molar-refractivity contribution in [2.75, 3.05) is 25.5 Å². The number of anilines is 1. The van der Waals surface area contributed by atoms with Gasteiger partial charge in [-0.15, -0.1) is 5.10 Å². The van der Waals surface area contributed by atoms with Crippen molar-refractivity contribution in [1.82, 2.24) is 4.90 Å². The minimum Gasteiger partial charge on any atom is -0.507 e. The van der Waals surface area contributed by atoms with E-state index in [9.17, 15) is 39.9 Å². The molecule has 2 aromatic rings. The lowest BCUT2D eigenvalue weighted by Crippen LogP contribution is -2.46. The molecule has 6 N–H and O–H groups in total. The Bertz CT molecular complexity index is 2140. The third-order valence-corrected chi connectivity index (χ3v) is 11.8. The van der Waals surface area contributed by atoms with E-state index in [1.807, 2.05) is 25.7 Å². The van der Waals surface area contributed by atoms with Crippen molar-refractivity contribution in [2.24, 2.45) is 33.9 Å². The first-order valence-corrected chi connectivity index (χ1v) is 20.6. The summed E-state index contributed by atoms with van der Waals surface area (Å²) in [5, 5.41) is 69.1. The molecule has 9 atom stereocenters. The van der Waals surface area contributed by atoms with Crippen molar-refractivity contribution in [2.45, 2.75) is 113 Å². The quantitative estimate of drug-likeness (QED) is 0.0453. The van der Waals surface area contributed by atoms with Crippen LogP contribution in [0.3, 0.4) is 0 Å². The van der Waals surface area contributed by atoms with Gasteiger partial charge in [-0.05, 0) is 33.8 Å². The molecule has 0 saturated carbocycles. The summed E-state index contributed by atoms with van der Waals surface area (Å²) in [4.78, 5) is 42.6. The van der Waals surface area contributed by atoms with E-state index in [4.69, 9.17) is 18.9 Å². The van der Waals surface area contributed by atoms with Crippen molar-refractivity contribution in [3.63, 3.8) is 0 Å². The second-order valence-electron chi connectivity index (χ2n) is 15.9. The Kier molecular flexibility index (Phi) is 15.8. The number of allylic oxidation sites excluding steroid dienone is 2. The first-order valence-electron chi connectivity index (χ1n) is 20.6. The van der Waals surface area contributed by atoms with Crippen LogP contribution in [0.15, 0.2) is 46.3 Å². The number of amidine groups is 1. The molecule has 16 nitrogen and oxygen atoms in total. The highest BCUT2D eigenvalue weighted by atomic mass is 16.7. The molecule has 0 radical (unpaired) electrons. The van der Waals surface area contributed by atoms with E-state index in [-0.39, 0.29) is 44.5 Å². The molecule has 0 saturated heterocycles. The number of ketones is 1. The molecule has 0 fully saturated rings. The van der Waals surface area contributed by atoms with E-state index in [0.29, 0.717) is 25.3 Å². The predicted molar refractivity (Wildman–Crippen MR) is 232 cm³/mol. The predicted octanol–water partition coefficient (Wildman–Crippen LogP) is 6.24. The molecule has 334 valence electrons. The number of benzene rings is 2. The molecule has 0 spiro atoms. The van der Waals surface area contributed by atoms with Crippen molar-refractivity contribution in [1.29, 1.82) is 0 Å². The number of phenolic OH excluding ortho intramolecular Hbond substituents is 3. The van der Waals surface area contributed by atoms with Crippen LogP contribution in [0.1, 0.15) is 97.1 Å². The summed E-state index contributed by atoms with van der Waals surface area (Å²) in [5.41, 5.74) is -0.572. The topological polar surface area (TPSA) is 229 Å². The number of aliphatic hydroxyl groups excluding tert-OH is 2. The van der Waals surface area contributed by atoms with Crippen molar-refractivity contribution >= 4 is 46.2 Å². The number of Topliss-reactive ketones (excluding diaryl/α,β-unsaturated/α-hetero) is 1. The van der Waals surface area contributed by atoms with E-state index in [1.165, 1.54) is 53.2 Å². The maximum absolute atomic E-state index is 14.5. The van der Waals surface area contributed by atoms with Gasteiger partial charge < -0.3 is 54.7 Å². The first-order chi connectivity index (χ1) is 28.7. The number of carbonyl (C=O) groups excluding carboxylic acids is 3. The number of amides is 1. The van der Waals surface area contributed by atoms with Crippen LogP contribution in [0.2, 0.25) is 0 Å². The summed E-state index contributed by atoms with van der Waals surface area (Å²) in [6.07, 6.45) is 5.14. The number of ether oxygens (including phenoxy) is 4. The summed E-state index contributed by atoms with van der Waals surface area (Å²) in [6.45, 7) is 19.6. The lowest BCUT2D eigenvalue weighted by atomic mass is 9.78. The fraction of sp³-hybridized carbons (Fsp3) is 0.533. The van der Waals surface area contributed by atoms with E-state index in [2.05, 4.69) is 15.5 Å². The highest BCUT2D eigenvalue weighted by molar-refractivity contribution is 6.24. The van der Waals surface area contributed by atoms with Crippen molar-refractivity contribution in [3.8, 4) is 23.0 Å². The van der Waals surface area contributed by atoms with E-state index < -0.39 is 88.8 Å². The monoisotopic (exact) mass is 850 g/mol. The molecule has 2 aromatic carbocycles. The highest BCUT2D eigenvalue weighted by Gasteiger charge is 2.50. The highest BCUT2D eigenvalue weighted by Crippen LogP contribution is 2.55. The Labute approximate surface area is 357 Å². The number of aromatic hydroxyl groups is 3. The van der Waals surface area contributed by atoms with Crippen LogP contribution < -0.4 is 10.1 Å². The fourth-order valence-electron chi connectivity index (χ4n) is 7.97. The smallest absolute Gasteiger partial charge is 0.312 e. The molecule has 16 heteroatoms. The molecule has 61 heavy (non-hydrogen) atoms. The number of hydrogen-bond donors (Lipinski definition) is 6. The SMILES string of the molecule is CC/C(=N\N=C\c1c2c(O)c3c(O)c(C)c4c(c3c1O)C(=O)[C@@](C)(O/C=C/[C@H](OC)[C@@H](C)[C@@H](OC(C)=O)[C@H](C)[C@@H](O)[C@H](C)[C@@H](O)[C@H](C)/C=C/C=C(/C)C(=O)N2)O4)N(CC)CC. The third-order valence-electron chi connectivity index (χ3n) is 11.8. The number of fused-ring (bicyclic) bond motifs is 14. The van der Waals surface area contributed by atoms with Crippen LogP contribution in [-0.2, 0) is 23.8 Å². The van der Waals surface area contributed by atoms with Crippen LogP contribution in [0.25, 0.3) is 10.8 Å². The van der Waals surface area contributed by atoms with Gasteiger partial charge in [0.05, 0.1) is 53.0 Å². The third kappa shape index (κ3) is 9.71. The number of phenols is 3. The molecule has 0 unspecified atom stereocenters. The summed E-state index contributed by atoms with van der Waals surface area (Å²) in [5.74, 6) is -7.98. The second-order valence-corrected chi connectivity index (χ2v) is 15.9. The molecule has 5 rings (SSSR count). The number of methoxy groups -OCH3 is 1. The fourth-order valence-corrected chi connectivity index (χ4v) is 7.97. The molecule has 3 aliphatic heterocycles. The number of aliphatic hydroxyl groups is 2. The van der Waals surface area contributed by atoms with Crippen LogP contribution >= 0.6 is 0 Å². The normalized spacial score (nSPS) is 29.8. The Balaban J connectivity index is 2.01. The zero-order valence-electron chi connectivity index (χ0n) is 37.1. The minimum absolute atomic E-state index is 0.0365. The Hall–Kier alpha value is -5.45. The zero-order valence-corrected chi connectivity index (χ0v) is 37.1. The Morgan fingerprint density at radius 2 is 1.61 bits per heavy atom. The number of nitrogens with one attached hydrogen (secondary N) is 1. The number of rotatable bonds is 7. The first kappa shape index (κ1) is 48.2. The Morgan fingerprint density at radius 3 is 2.20 bits per heavy atom. The molecule has 5 bridgehead atoms. The average Bonchev–Trinajstić information content (AvgIpc) is 3.49. The molecule has 1 amide bonds. The van der Waals surface area contributed by atoms with Crippen LogP contribution in [0.5, 0.6) is 23.0 Å². The van der Waals surface area contributed by atoms with Gasteiger partial charge in [-0.2, -0.15) is 5.10 Å². The number of esters is 1. The number of nitrogens with zero attached hydrogens (tertiary/aromatic N) is 3. The van der Waals surface area contributed by atoms with Gasteiger partial charge in [0.25, 0.3) is 11.7 Å². The molecular formula is C45H62N4O12. The van der Waals surface area contributed by atoms with E-state index >= 15 is 0 Å². The largest absolute Gasteiger partial charge is 0.507 e. The number of carbonyl (C=O) groups is 3. The average molecular weight is 851 g/mol. The number of hydrogen-bond acceptors (Lipinski definition) is 14. The van der Waals surface area contributed by atoms with Gasteiger partial charge in [0.2, 0.25) is 0 Å². The summed E-state index contributed by atoms with van der Waals surface area (Å²) < 4.78 is 23.6. The van der Waals surface area contributed by atoms with Crippen molar-refractivity contribution < 1.29 is 58.9 Å². The van der Waals surface area contributed by atoms with Gasteiger partial charge in [-0.25, -0.2) is 0 Å². The van der Waals surface area contributed by atoms with E-state index in [0.717, 1.165) is 6.21 Å². The van der Waals surface area contributed by atoms with Gasteiger partial charge in [-0.3, -0.25) is 14.4 Å². The van der Waals surface area contributed by atoms with Crippen LogP contribution in [-0.4, -0.2) is 111 Å². The summed E-state index contributed by atoms with van der Waals surface area (Å²) in [6, 6.07) is 0. The van der Waals surface area contributed by atoms with Crippen LogP contribution in [0, 0.1) is 30.6 Å². The molecule has 0 aliphatic carbocycles.